The number of benzene rings is 2. The zero-order valence-corrected chi connectivity index (χ0v) is 18.7. The largest absolute Gasteiger partial charge is 0.494 e. The summed E-state index contributed by atoms with van der Waals surface area (Å²) in [6.07, 6.45) is 1.67. The molecule has 2 aliphatic rings. The predicted molar refractivity (Wildman–Crippen MR) is 126 cm³/mol. The lowest BCUT2D eigenvalue weighted by Gasteiger charge is -2.36. The summed E-state index contributed by atoms with van der Waals surface area (Å²) in [4.78, 5) is 43.2. The molecule has 2 aliphatic heterocycles. The van der Waals surface area contributed by atoms with Crippen molar-refractivity contribution in [2.24, 2.45) is 0 Å². The van der Waals surface area contributed by atoms with Gasteiger partial charge in [-0.1, -0.05) is 30.3 Å². The maximum atomic E-state index is 12.8. The Morgan fingerprint density at radius 2 is 1.69 bits per heavy atom. The fraction of sp³-hybridized carbons (Fsp3) is 0.292. The van der Waals surface area contributed by atoms with Crippen LogP contribution in [-0.2, 0) is 9.59 Å². The van der Waals surface area contributed by atoms with E-state index in [1.165, 1.54) is 0 Å². The summed E-state index contributed by atoms with van der Waals surface area (Å²) in [6.45, 7) is 4.82. The van der Waals surface area contributed by atoms with E-state index >= 15 is 0 Å². The number of imide groups is 1. The van der Waals surface area contributed by atoms with Crippen LogP contribution in [0.2, 0.25) is 0 Å². The number of para-hydroxylation sites is 1. The summed E-state index contributed by atoms with van der Waals surface area (Å²) >= 11 is 0.866. The standard InChI is InChI=1S/C24H25N3O4S/c1-2-31-20-10-8-18(9-11-20)16-21-23(29)27(24(30)32-21)17-22(28)26-14-12-25(13-15-26)19-6-4-3-5-7-19/h3-11,16H,2,12-15,17H2,1H3/b21-16+. The van der Waals surface area contributed by atoms with Crippen molar-refractivity contribution >= 4 is 40.6 Å². The summed E-state index contributed by atoms with van der Waals surface area (Å²) in [5, 5.41) is -0.413. The average molecular weight is 452 g/mol. The summed E-state index contributed by atoms with van der Waals surface area (Å²) in [5.74, 6) is 0.114. The van der Waals surface area contributed by atoms with E-state index in [1.807, 2.05) is 49.4 Å². The van der Waals surface area contributed by atoms with Crippen molar-refractivity contribution < 1.29 is 19.1 Å². The van der Waals surface area contributed by atoms with E-state index in [9.17, 15) is 14.4 Å². The number of ether oxygens (including phenoxy) is 1. The van der Waals surface area contributed by atoms with Crippen LogP contribution in [0.25, 0.3) is 6.08 Å². The van der Waals surface area contributed by atoms with Crippen molar-refractivity contribution in [1.29, 1.82) is 0 Å². The number of hydrogen-bond donors (Lipinski definition) is 0. The topological polar surface area (TPSA) is 70.2 Å². The van der Waals surface area contributed by atoms with Gasteiger partial charge in [-0.2, -0.15) is 0 Å². The molecule has 2 heterocycles. The number of amides is 3. The second-order valence-electron chi connectivity index (χ2n) is 7.47. The van der Waals surface area contributed by atoms with Gasteiger partial charge in [0.25, 0.3) is 11.1 Å². The molecule has 32 heavy (non-hydrogen) atoms. The SMILES string of the molecule is CCOc1ccc(/C=C2/SC(=O)N(CC(=O)N3CCN(c4ccccc4)CC3)C2=O)cc1. The van der Waals surface area contributed by atoms with Crippen LogP contribution in [0.3, 0.4) is 0 Å². The van der Waals surface area contributed by atoms with Gasteiger partial charge in [0.05, 0.1) is 11.5 Å². The molecular formula is C24H25N3O4S. The van der Waals surface area contributed by atoms with Gasteiger partial charge in [-0.15, -0.1) is 0 Å². The fourth-order valence-electron chi connectivity index (χ4n) is 3.70. The smallest absolute Gasteiger partial charge is 0.294 e. The van der Waals surface area contributed by atoms with E-state index in [1.54, 1.807) is 11.0 Å². The normalized spacial score (nSPS) is 17.9. The molecule has 0 radical (unpaired) electrons. The molecule has 7 nitrogen and oxygen atoms in total. The number of piperazine rings is 1. The van der Waals surface area contributed by atoms with Gasteiger partial charge in [-0.3, -0.25) is 19.3 Å². The maximum Gasteiger partial charge on any atom is 0.294 e. The molecule has 8 heteroatoms. The highest BCUT2D eigenvalue weighted by molar-refractivity contribution is 8.18. The van der Waals surface area contributed by atoms with Crippen LogP contribution >= 0.6 is 11.8 Å². The van der Waals surface area contributed by atoms with Crippen molar-refractivity contribution in [2.45, 2.75) is 6.92 Å². The lowest BCUT2D eigenvalue weighted by Crippen LogP contribution is -2.51. The van der Waals surface area contributed by atoms with Crippen molar-refractivity contribution in [2.75, 3.05) is 44.2 Å². The number of hydrogen-bond acceptors (Lipinski definition) is 6. The molecule has 4 rings (SSSR count). The molecular weight excluding hydrogens is 426 g/mol. The molecule has 2 fully saturated rings. The zero-order valence-electron chi connectivity index (χ0n) is 17.9. The molecule has 166 valence electrons. The summed E-state index contributed by atoms with van der Waals surface area (Å²) in [6, 6.07) is 17.4. The van der Waals surface area contributed by atoms with Gasteiger partial charge in [0, 0.05) is 31.9 Å². The molecule has 0 atom stereocenters. The molecule has 0 aliphatic carbocycles. The van der Waals surface area contributed by atoms with Crippen LogP contribution in [0.1, 0.15) is 12.5 Å². The van der Waals surface area contributed by atoms with Crippen LogP contribution in [0.15, 0.2) is 59.5 Å². The first-order valence-electron chi connectivity index (χ1n) is 10.6. The zero-order chi connectivity index (χ0) is 22.5. The van der Waals surface area contributed by atoms with Crippen LogP contribution in [0, 0.1) is 0 Å². The highest BCUT2D eigenvalue weighted by Gasteiger charge is 2.37. The van der Waals surface area contributed by atoms with Gasteiger partial charge in [0.2, 0.25) is 5.91 Å². The highest BCUT2D eigenvalue weighted by Crippen LogP contribution is 2.32. The quantitative estimate of drug-likeness (QED) is 0.627. The molecule has 0 N–H and O–H groups in total. The molecule has 0 unspecified atom stereocenters. The monoisotopic (exact) mass is 451 g/mol. The number of thioether (sulfide) groups is 1. The highest BCUT2D eigenvalue weighted by atomic mass is 32.2. The maximum absolute atomic E-state index is 12.8. The van der Waals surface area contributed by atoms with E-state index in [0.717, 1.165) is 46.8 Å². The minimum Gasteiger partial charge on any atom is -0.494 e. The predicted octanol–water partition coefficient (Wildman–Crippen LogP) is 3.47. The van der Waals surface area contributed by atoms with Gasteiger partial charge in [-0.25, -0.2) is 0 Å². The Balaban J connectivity index is 1.34. The Hall–Kier alpha value is -3.26. The van der Waals surface area contributed by atoms with Crippen LogP contribution in [0.5, 0.6) is 5.75 Å². The third-order valence-corrected chi connectivity index (χ3v) is 6.32. The number of carbonyl (C=O) groups excluding carboxylic acids is 3. The minimum absolute atomic E-state index is 0.206. The van der Waals surface area contributed by atoms with Crippen molar-refractivity contribution in [3.63, 3.8) is 0 Å². The third-order valence-electron chi connectivity index (χ3n) is 5.41. The molecule has 0 spiro atoms. The molecule has 0 aromatic heterocycles. The molecule has 2 aromatic carbocycles. The summed E-state index contributed by atoms with van der Waals surface area (Å²) < 4.78 is 5.42. The van der Waals surface area contributed by atoms with Gasteiger partial charge in [0.1, 0.15) is 12.3 Å². The average Bonchev–Trinajstić information content (AvgIpc) is 3.08. The molecule has 2 saturated heterocycles. The van der Waals surface area contributed by atoms with Crippen LogP contribution in [-0.4, -0.2) is 66.2 Å². The van der Waals surface area contributed by atoms with E-state index in [-0.39, 0.29) is 12.5 Å². The van der Waals surface area contributed by atoms with Gasteiger partial charge in [0.15, 0.2) is 0 Å². The first kappa shape index (κ1) is 22.0. The number of carbonyl (C=O) groups is 3. The Kier molecular flexibility index (Phi) is 6.80. The number of anilines is 1. The fourth-order valence-corrected chi connectivity index (χ4v) is 4.54. The Bertz CT molecular complexity index is 1020. The second-order valence-corrected chi connectivity index (χ2v) is 8.47. The lowest BCUT2D eigenvalue weighted by molar-refractivity contribution is -0.136. The van der Waals surface area contributed by atoms with Crippen molar-refractivity contribution in [1.82, 2.24) is 9.80 Å². The molecule has 0 bridgehead atoms. The van der Waals surface area contributed by atoms with Gasteiger partial charge < -0.3 is 14.5 Å². The summed E-state index contributed by atoms with van der Waals surface area (Å²) in [7, 11) is 0. The minimum atomic E-state index is -0.426. The molecule has 3 amide bonds. The van der Waals surface area contributed by atoms with E-state index in [2.05, 4.69) is 17.0 Å². The van der Waals surface area contributed by atoms with E-state index in [4.69, 9.17) is 4.74 Å². The molecule has 2 aromatic rings. The van der Waals surface area contributed by atoms with Crippen LogP contribution < -0.4 is 9.64 Å². The third kappa shape index (κ3) is 4.96. The lowest BCUT2D eigenvalue weighted by atomic mass is 10.2. The van der Waals surface area contributed by atoms with E-state index in [0.29, 0.717) is 24.6 Å². The van der Waals surface area contributed by atoms with E-state index < -0.39 is 11.1 Å². The van der Waals surface area contributed by atoms with Crippen LogP contribution in [0.4, 0.5) is 10.5 Å². The van der Waals surface area contributed by atoms with Gasteiger partial charge in [-0.05, 0) is 54.6 Å². The first-order chi connectivity index (χ1) is 15.5. The number of nitrogens with zero attached hydrogens (tertiary/aromatic N) is 3. The van der Waals surface area contributed by atoms with Crippen molar-refractivity contribution in [3.05, 3.63) is 65.1 Å². The molecule has 0 saturated carbocycles. The Morgan fingerprint density at radius 3 is 2.34 bits per heavy atom. The Labute approximate surface area is 191 Å². The first-order valence-corrected chi connectivity index (χ1v) is 11.4. The van der Waals surface area contributed by atoms with Gasteiger partial charge >= 0.3 is 0 Å². The second kappa shape index (κ2) is 9.91. The summed E-state index contributed by atoms with van der Waals surface area (Å²) in [5.41, 5.74) is 1.92. The Morgan fingerprint density at radius 1 is 1.00 bits per heavy atom. The van der Waals surface area contributed by atoms with Crippen molar-refractivity contribution in [3.8, 4) is 5.75 Å². The number of rotatable bonds is 6.